The number of benzene rings is 2. The minimum atomic E-state index is -0.649. The second kappa shape index (κ2) is 6.39. The molecule has 3 aromatic rings. The van der Waals surface area contributed by atoms with Crippen molar-refractivity contribution in [2.75, 3.05) is 0 Å². The van der Waals surface area contributed by atoms with E-state index in [9.17, 15) is 9.18 Å². The van der Waals surface area contributed by atoms with Gasteiger partial charge in [0.25, 0.3) is 5.91 Å². The molecule has 6 heteroatoms. The topological polar surface area (TPSA) is 68.0 Å². The fourth-order valence-corrected chi connectivity index (χ4v) is 2.22. The summed E-state index contributed by atoms with van der Waals surface area (Å²) < 4.78 is 19.2. The van der Waals surface area contributed by atoms with Gasteiger partial charge in [0.15, 0.2) is 0 Å². The maximum absolute atomic E-state index is 13.8. The van der Waals surface area contributed by atoms with Gasteiger partial charge in [-0.15, -0.1) is 10.2 Å². The van der Waals surface area contributed by atoms with E-state index >= 15 is 0 Å². The van der Waals surface area contributed by atoms with Crippen molar-refractivity contribution < 1.29 is 13.6 Å². The molecule has 0 spiro atoms. The van der Waals surface area contributed by atoms with Crippen molar-refractivity contribution in [2.45, 2.75) is 13.0 Å². The van der Waals surface area contributed by atoms with E-state index in [-0.39, 0.29) is 11.5 Å². The Balaban J connectivity index is 1.94. The molecule has 5 nitrogen and oxygen atoms in total. The van der Waals surface area contributed by atoms with Gasteiger partial charge in [0, 0.05) is 6.92 Å². The zero-order valence-electron chi connectivity index (χ0n) is 12.4. The Bertz CT molecular complexity index is 817. The highest BCUT2D eigenvalue weighted by Crippen LogP contribution is 2.21. The molecule has 0 aliphatic rings. The molecule has 0 radical (unpaired) electrons. The fraction of sp³-hybridized carbons (Fsp3) is 0.118. The lowest BCUT2D eigenvalue weighted by molar-refractivity contribution is 0.0933. The summed E-state index contributed by atoms with van der Waals surface area (Å²) in [5.41, 5.74) is 0.727. The number of hydrogen-bond donors (Lipinski definition) is 1. The number of nitrogens with one attached hydrogen (secondary N) is 1. The highest BCUT2D eigenvalue weighted by molar-refractivity contribution is 5.94. The quantitative estimate of drug-likeness (QED) is 0.804. The average Bonchev–Trinajstić information content (AvgIpc) is 3.00. The molecule has 0 aliphatic carbocycles. The van der Waals surface area contributed by atoms with E-state index in [1.165, 1.54) is 18.2 Å². The third-order valence-corrected chi connectivity index (χ3v) is 3.32. The van der Waals surface area contributed by atoms with Crippen molar-refractivity contribution in [2.24, 2.45) is 0 Å². The van der Waals surface area contributed by atoms with Gasteiger partial charge in [0.2, 0.25) is 11.8 Å². The summed E-state index contributed by atoms with van der Waals surface area (Å²) in [6, 6.07) is 14.3. The standard InChI is InChI=1S/C17H14FN3O2/c1-11-20-21-17(23-11)15(12-7-3-2-4-8-12)19-16(22)13-9-5-6-10-14(13)18/h2-10,15H,1H3,(H,19,22). The van der Waals surface area contributed by atoms with Crippen molar-refractivity contribution >= 4 is 5.91 Å². The number of aromatic nitrogens is 2. The molecule has 23 heavy (non-hydrogen) atoms. The van der Waals surface area contributed by atoms with Crippen molar-refractivity contribution in [3.63, 3.8) is 0 Å². The molecule has 1 unspecified atom stereocenters. The SMILES string of the molecule is Cc1nnc(C(NC(=O)c2ccccc2F)c2ccccc2)o1. The van der Waals surface area contributed by atoms with Crippen LogP contribution in [0.3, 0.4) is 0 Å². The van der Waals surface area contributed by atoms with Crippen LogP contribution in [0.2, 0.25) is 0 Å². The Kier molecular flexibility index (Phi) is 4.14. The first kappa shape index (κ1) is 14.9. The molecule has 1 N–H and O–H groups in total. The average molecular weight is 311 g/mol. The van der Waals surface area contributed by atoms with E-state index in [0.29, 0.717) is 5.89 Å². The molecule has 2 aromatic carbocycles. The van der Waals surface area contributed by atoms with Crippen molar-refractivity contribution in [3.8, 4) is 0 Å². The van der Waals surface area contributed by atoms with Crippen LogP contribution in [-0.4, -0.2) is 16.1 Å². The molecular formula is C17H14FN3O2. The molecule has 1 heterocycles. The first-order valence-corrected chi connectivity index (χ1v) is 7.05. The second-order valence-corrected chi connectivity index (χ2v) is 4.96. The van der Waals surface area contributed by atoms with Crippen LogP contribution >= 0.6 is 0 Å². The van der Waals surface area contributed by atoms with Gasteiger partial charge in [0.05, 0.1) is 5.56 Å². The van der Waals surface area contributed by atoms with Crippen LogP contribution in [0.25, 0.3) is 0 Å². The van der Waals surface area contributed by atoms with Crippen LogP contribution < -0.4 is 5.32 Å². The van der Waals surface area contributed by atoms with Crippen LogP contribution in [0.1, 0.15) is 33.7 Å². The molecular weight excluding hydrogens is 297 g/mol. The lowest BCUT2D eigenvalue weighted by Gasteiger charge is -2.16. The van der Waals surface area contributed by atoms with Crippen LogP contribution in [0.4, 0.5) is 4.39 Å². The van der Waals surface area contributed by atoms with Crippen LogP contribution in [0, 0.1) is 12.7 Å². The maximum Gasteiger partial charge on any atom is 0.255 e. The number of halogens is 1. The molecule has 0 saturated heterocycles. The maximum atomic E-state index is 13.8. The smallest absolute Gasteiger partial charge is 0.255 e. The Hall–Kier alpha value is -3.02. The van der Waals surface area contributed by atoms with Gasteiger partial charge in [-0.2, -0.15) is 0 Å². The third-order valence-electron chi connectivity index (χ3n) is 3.32. The largest absolute Gasteiger partial charge is 0.423 e. The number of rotatable bonds is 4. The van der Waals surface area contributed by atoms with Crippen LogP contribution in [0.5, 0.6) is 0 Å². The van der Waals surface area contributed by atoms with Crippen LogP contribution in [0.15, 0.2) is 59.0 Å². The number of carbonyl (C=O) groups excluding carboxylic acids is 1. The van der Waals surface area contributed by atoms with Crippen molar-refractivity contribution in [1.82, 2.24) is 15.5 Å². The predicted molar refractivity (Wildman–Crippen MR) is 81.2 cm³/mol. The lowest BCUT2D eigenvalue weighted by Crippen LogP contribution is -2.30. The molecule has 1 aromatic heterocycles. The molecule has 0 saturated carbocycles. The summed E-state index contributed by atoms with van der Waals surface area (Å²) in [5.74, 6) is -0.495. The Morgan fingerprint density at radius 1 is 1.09 bits per heavy atom. The van der Waals surface area contributed by atoms with Gasteiger partial charge >= 0.3 is 0 Å². The van der Waals surface area contributed by atoms with Gasteiger partial charge in [0.1, 0.15) is 11.9 Å². The first-order chi connectivity index (χ1) is 11.1. The molecule has 3 rings (SSSR count). The van der Waals surface area contributed by atoms with E-state index in [4.69, 9.17) is 4.42 Å². The summed E-state index contributed by atoms with van der Waals surface area (Å²) in [6.45, 7) is 1.66. The number of amides is 1. The highest BCUT2D eigenvalue weighted by atomic mass is 19.1. The minimum Gasteiger partial charge on any atom is -0.423 e. The Morgan fingerprint density at radius 2 is 1.78 bits per heavy atom. The summed E-state index contributed by atoms with van der Waals surface area (Å²) in [7, 11) is 0. The summed E-state index contributed by atoms with van der Waals surface area (Å²) in [5, 5.41) is 10.5. The van der Waals surface area contributed by atoms with Crippen molar-refractivity contribution in [1.29, 1.82) is 0 Å². The number of nitrogens with zero attached hydrogens (tertiary/aromatic N) is 2. The number of hydrogen-bond acceptors (Lipinski definition) is 4. The van der Waals surface area contributed by atoms with Gasteiger partial charge in [-0.3, -0.25) is 4.79 Å². The van der Waals surface area contributed by atoms with Gasteiger partial charge in [-0.25, -0.2) is 4.39 Å². The monoisotopic (exact) mass is 311 g/mol. The van der Waals surface area contributed by atoms with Crippen LogP contribution in [-0.2, 0) is 0 Å². The third kappa shape index (κ3) is 3.26. The fourth-order valence-electron chi connectivity index (χ4n) is 2.22. The molecule has 1 atom stereocenters. The first-order valence-electron chi connectivity index (χ1n) is 7.05. The van der Waals surface area contributed by atoms with E-state index in [2.05, 4.69) is 15.5 Å². The summed E-state index contributed by atoms with van der Waals surface area (Å²) in [6.07, 6.45) is 0. The van der Waals surface area contributed by atoms with E-state index < -0.39 is 17.8 Å². The summed E-state index contributed by atoms with van der Waals surface area (Å²) >= 11 is 0. The predicted octanol–water partition coefficient (Wildman–Crippen LogP) is 3.04. The molecule has 0 bridgehead atoms. The molecule has 0 fully saturated rings. The van der Waals surface area contributed by atoms with E-state index in [0.717, 1.165) is 5.56 Å². The zero-order valence-corrected chi connectivity index (χ0v) is 12.4. The second-order valence-electron chi connectivity index (χ2n) is 4.96. The number of carbonyl (C=O) groups is 1. The van der Waals surface area contributed by atoms with Gasteiger partial charge < -0.3 is 9.73 Å². The van der Waals surface area contributed by atoms with E-state index in [1.54, 1.807) is 13.0 Å². The van der Waals surface area contributed by atoms with Crippen molar-refractivity contribution in [3.05, 3.63) is 83.3 Å². The molecule has 1 amide bonds. The Labute approximate surface area is 132 Å². The zero-order chi connectivity index (χ0) is 16.2. The van der Waals surface area contributed by atoms with E-state index in [1.807, 2.05) is 30.3 Å². The molecule has 0 aliphatic heterocycles. The van der Waals surface area contributed by atoms with Gasteiger partial charge in [-0.1, -0.05) is 42.5 Å². The molecule has 116 valence electrons. The normalized spacial score (nSPS) is 11.9. The lowest BCUT2D eigenvalue weighted by atomic mass is 10.1. The summed E-state index contributed by atoms with van der Waals surface area (Å²) in [4.78, 5) is 12.4. The number of aryl methyl sites for hydroxylation is 1. The minimum absolute atomic E-state index is 0.0373. The Morgan fingerprint density at radius 3 is 2.43 bits per heavy atom. The highest BCUT2D eigenvalue weighted by Gasteiger charge is 2.24. The van der Waals surface area contributed by atoms with Gasteiger partial charge in [-0.05, 0) is 17.7 Å².